The average molecular weight is 267 g/mol. The molecule has 7 heavy (non-hydrogen) atoms. The van der Waals surface area contributed by atoms with Gasteiger partial charge in [-0.25, -0.2) is 0 Å². The van der Waals surface area contributed by atoms with Crippen LogP contribution < -0.4 is 0 Å². The zero-order chi connectivity index (χ0) is 5.41. The molecule has 3 heteroatoms. The van der Waals surface area contributed by atoms with Crippen molar-refractivity contribution < 1.29 is 25.8 Å². The summed E-state index contributed by atoms with van der Waals surface area (Å²) in [7, 11) is 7.00. The van der Waals surface area contributed by atoms with E-state index in [-0.39, 0.29) is 25.8 Å². The van der Waals surface area contributed by atoms with Crippen LogP contribution in [0, 0.1) is 0 Å². The zero-order valence-electron chi connectivity index (χ0n) is 5.39. The molecular weight excluding hydrogens is 255 g/mol. The van der Waals surface area contributed by atoms with E-state index in [0.717, 1.165) is 0 Å². The van der Waals surface area contributed by atoms with Gasteiger partial charge in [0, 0.05) is 0 Å². The van der Waals surface area contributed by atoms with Gasteiger partial charge in [0.1, 0.15) is 0 Å². The second-order valence-electron chi connectivity index (χ2n) is 0.894. The van der Waals surface area contributed by atoms with E-state index in [4.69, 9.17) is 0 Å². The van der Waals surface area contributed by atoms with Gasteiger partial charge in [-0.2, -0.15) is 28.2 Å². The fraction of sp³-hybridized carbons (Fsp3) is 1.00. The monoisotopic (exact) mass is 268 g/mol. The molecule has 0 bridgehead atoms. The molecule has 0 aromatic carbocycles. The molecule has 0 atom stereocenters. The summed E-state index contributed by atoms with van der Waals surface area (Å²) < 4.78 is 0. The van der Waals surface area contributed by atoms with E-state index >= 15 is 0 Å². The molecule has 0 saturated heterocycles. The van der Waals surface area contributed by atoms with Crippen LogP contribution in [0.25, 0.3) is 10.6 Å². The summed E-state index contributed by atoms with van der Waals surface area (Å²) in [5.74, 6) is 0. The molecule has 42 valence electrons. The van der Waals surface area contributed by atoms with Crippen LogP contribution in [-0.4, -0.2) is 28.2 Å². The van der Waals surface area contributed by atoms with Crippen LogP contribution in [0.2, 0.25) is 0 Å². The fourth-order valence-electron chi connectivity index (χ4n) is 0. The molecule has 0 aliphatic carbocycles. The Bertz CT molecular complexity index is 11.7. The van der Waals surface area contributed by atoms with E-state index in [1.54, 1.807) is 28.2 Å². The van der Waals surface area contributed by atoms with E-state index in [9.17, 15) is 0 Å². The normalized spacial score (nSPS) is 5.14. The van der Waals surface area contributed by atoms with Crippen molar-refractivity contribution in [1.82, 2.24) is 0 Å². The second kappa shape index (κ2) is 29.2. The first-order valence-corrected chi connectivity index (χ1v) is 1.79. The second-order valence-corrected chi connectivity index (χ2v) is 0.894. The summed E-state index contributed by atoms with van der Waals surface area (Å²) in [5, 5.41) is 7.00. The van der Waals surface area contributed by atoms with E-state index in [2.05, 4.69) is 10.6 Å². The first-order valence-electron chi connectivity index (χ1n) is 1.79. The van der Waals surface area contributed by atoms with E-state index in [1.807, 2.05) is 0 Å². The first kappa shape index (κ1) is 15.7. The topological polar surface area (TPSA) is 28.2 Å². The summed E-state index contributed by atoms with van der Waals surface area (Å²) in [6.45, 7) is 0. The van der Waals surface area contributed by atoms with Crippen molar-refractivity contribution in [2.24, 2.45) is 0 Å². The van der Waals surface area contributed by atoms with Crippen LogP contribution in [-0.2, 0) is 25.8 Å². The molecule has 0 saturated carbocycles. The Morgan fingerprint density at radius 3 is 0.714 bits per heavy atom. The largest absolute Gasteiger partial charge is 2.00 e. The summed E-state index contributed by atoms with van der Waals surface area (Å²) in [6.07, 6.45) is 0. The van der Waals surface area contributed by atoms with Gasteiger partial charge in [0.15, 0.2) is 0 Å². The Morgan fingerprint density at radius 1 is 0.714 bits per heavy atom. The Morgan fingerprint density at radius 2 is 0.714 bits per heavy atom. The minimum Gasteiger partial charge on any atom is -0.668 e. The van der Waals surface area contributed by atoms with Gasteiger partial charge in [0.05, 0.1) is 0 Å². The molecule has 0 aliphatic heterocycles. The van der Waals surface area contributed by atoms with Gasteiger partial charge in [-0.3, -0.25) is 0 Å². The number of rotatable bonds is 0. The van der Waals surface area contributed by atoms with Crippen molar-refractivity contribution in [3.05, 3.63) is 10.6 Å². The quantitative estimate of drug-likeness (QED) is 0.590. The van der Waals surface area contributed by atoms with Gasteiger partial charge < -0.3 is 10.6 Å². The van der Waals surface area contributed by atoms with Crippen LogP contribution in [0.1, 0.15) is 0 Å². The minimum atomic E-state index is 0. The van der Waals surface area contributed by atoms with Crippen LogP contribution in [0.4, 0.5) is 0 Å². The van der Waals surface area contributed by atoms with Crippen molar-refractivity contribution in [1.29, 1.82) is 0 Å². The SMILES string of the molecule is C[N-]C.C[N-]C.[Hf+2]. The maximum atomic E-state index is 3.50. The van der Waals surface area contributed by atoms with Gasteiger partial charge >= 0.3 is 25.8 Å². The molecule has 0 amide bonds. The minimum absolute atomic E-state index is 0. The third kappa shape index (κ3) is 250. The molecule has 0 aliphatic rings. The molecule has 0 spiro atoms. The Hall–Kier alpha value is 0.790. The molecule has 0 heterocycles. The van der Waals surface area contributed by atoms with Crippen molar-refractivity contribution in [3.63, 3.8) is 0 Å². The van der Waals surface area contributed by atoms with Crippen LogP contribution >= 0.6 is 0 Å². The first-order chi connectivity index (χ1) is 2.83. The maximum absolute atomic E-state index is 3.50. The molecule has 0 N–H and O–H groups in total. The predicted molar refractivity (Wildman–Crippen MR) is 30.4 cm³/mol. The van der Waals surface area contributed by atoms with E-state index in [0.29, 0.717) is 0 Å². The van der Waals surface area contributed by atoms with Crippen LogP contribution in [0.3, 0.4) is 0 Å². The van der Waals surface area contributed by atoms with Crippen molar-refractivity contribution in [2.75, 3.05) is 28.2 Å². The molecule has 0 unspecified atom stereocenters. The van der Waals surface area contributed by atoms with Gasteiger partial charge in [0.2, 0.25) is 0 Å². The Kier molecular flexibility index (Phi) is 65.4. The van der Waals surface area contributed by atoms with Crippen molar-refractivity contribution in [2.45, 2.75) is 0 Å². The van der Waals surface area contributed by atoms with E-state index < -0.39 is 0 Å². The molecule has 0 radical (unpaired) electrons. The average Bonchev–Trinajstić information content (AvgIpc) is 1.39. The smallest absolute Gasteiger partial charge is 0.668 e. The third-order valence-electron chi connectivity index (χ3n) is 0. The van der Waals surface area contributed by atoms with Gasteiger partial charge in [-0.15, -0.1) is 0 Å². The maximum Gasteiger partial charge on any atom is 2.00 e. The Balaban J connectivity index is -0.0000000400. The predicted octanol–water partition coefficient (Wildman–Crippen LogP) is 1.24. The fourth-order valence-corrected chi connectivity index (χ4v) is 0. The summed E-state index contributed by atoms with van der Waals surface area (Å²) in [5.41, 5.74) is 0. The van der Waals surface area contributed by atoms with E-state index in [1.165, 1.54) is 0 Å². The molecule has 0 aromatic rings. The summed E-state index contributed by atoms with van der Waals surface area (Å²) in [4.78, 5) is 0. The Labute approximate surface area is 64.8 Å². The third-order valence-corrected chi connectivity index (χ3v) is 0. The zero-order valence-corrected chi connectivity index (χ0v) is 8.99. The number of hydrogen-bond donors (Lipinski definition) is 0. The summed E-state index contributed by atoms with van der Waals surface area (Å²) >= 11 is 0. The van der Waals surface area contributed by atoms with Crippen LogP contribution in [0.15, 0.2) is 0 Å². The van der Waals surface area contributed by atoms with Gasteiger partial charge in [-0.05, 0) is 0 Å². The number of nitrogens with zero attached hydrogens (tertiary/aromatic N) is 2. The van der Waals surface area contributed by atoms with Crippen molar-refractivity contribution >= 4 is 0 Å². The summed E-state index contributed by atoms with van der Waals surface area (Å²) in [6, 6.07) is 0. The standard InChI is InChI=1S/2C2H6N.Hf/c2*1-3-2;/h2*1-2H3;/q2*-1;+2. The number of hydrogen-bond acceptors (Lipinski definition) is 0. The van der Waals surface area contributed by atoms with Gasteiger partial charge in [-0.1, -0.05) is 0 Å². The molecule has 0 rings (SSSR count). The molecule has 0 fully saturated rings. The van der Waals surface area contributed by atoms with Gasteiger partial charge in [0.25, 0.3) is 0 Å². The van der Waals surface area contributed by atoms with Crippen LogP contribution in [0.5, 0.6) is 0 Å². The molecule has 2 nitrogen and oxygen atoms in total. The van der Waals surface area contributed by atoms with Crippen molar-refractivity contribution in [3.8, 4) is 0 Å². The molecule has 0 aromatic heterocycles. The molecular formula is C4H12HfN2.